The van der Waals surface area contributed by atoms with E-state index in [1.165, 1.54) is 6.07 Å². The standard InChI is InChI=1S/C12H9BrCl2N4O/c13-6-3-8(19(5-6)7-1-2-7)11(20)17-10-4-9(14)16-12(15)18-10/h3-5,7H,1-2H2,(H,16,17,18,20). The second-order valence-corrected chi connectivity index (χ2v) is 6.12. The minimum absolute atomic E-state index is 0.00782. The predicted molar refractivity (Wildman–Crippen MR) is 80.4 cm³/mol. The van der Waals surface area contributed by atoms with E-state index >= 15 is 0 Å². The molecule has 5 nitrogen and oxygen atoms in total. The van der Waals surface area contributed by atoms with Crippen LogP contribution in [0.15, 0.2) is 22.8 Å². The van der Waals surface area contributed by atoms with Crippen molar-refractivity contribution in [3.63, 3.8) is 0 Å². The fourth-order valence-corrected chi connectivity index (χ4v) is 2.76. The topological polar surface area (TPSA) is 59.8 Å². The summed E-state index contributed by atoms with van der Waals surface area (Å²) in [5, 5.41) is 2.85. The monoisotopic (exact) mass is 374 g/mol. The van der Waals surface area contributed by atoms with E-state index in [1.807, 2.05) is 10.8 Å². The molecule has 0 aromatic carbocycles. The van der Waals surface area contributed by atoms with Crippen LogP contribution in [0.5, 0.6) is 0 Å². The summed E-state index contributed by atoms with van der Waals surface area (Å²) in [6, 6.07) is 3.63. The maximum Gasteiger partial charge on any atom is 0.273 e. The molecule has 1 aliphatic carbocycles. The van der Waals surface area contributed by atoms with Gasteiger partial charge in [-0.15, -0.1) is 0 Å². The Kier molecular flexibility index (Phi) is 3.70. The molecule has 0 spiro atoms. The number of hydrogen-bond acceptors (Lipinski definition) is 3. The van der Waals surface area contributed by atoms with Crippen LogP contribution < -0.4 is 5.32 Å². The number of nitrogens with one attached hydrogen (secondary N) is 1. The van der Waals surface area contributed by atoms with Crippen LogP contribution >= 0.6 is 39.1 Å². The highest BCUT2D eigenvalue weighted by atomic mass is 79.9. The second-order valence-electron chi connectivity index (χ2n) is 4.48. The number of halogens is 3. The summed E-state index contributed by atoms with van der Waals surface area (Å²) in [4.78, 5) is 19.9. The molecule has 0 saturated heterocycles. The minimum atomic E-state index is -0.256. The Balaban J connectivity index is 1.85. The van der Waals surface area contributed by atoms with Crippen LogP contribution in [0, 0.1) is 0 Å². The van der Waals surface area contributed by atoms with Crippen molar-refractivity contribution in [3.05, 3.63) is 38.9 Å². The molecule has 2 heterocycles. The van der Waals surface area contributed by atoms with Gasteiger partial charge in [0.25, 0.3) is 5.91 Å². The number of anilines is 1. The SMILES string of the molecule is O=C(Nc1cc(Cl)nc(Cl)n1)c1cc(Br)cn1C1CC1. The molecule has 1 amide bonds. The Hall–Kier alpha value is -1.11. The lowest BCUT2D eigenvalue weighted by Crippen LogP contribution is -2.17. The first-order valence-corrected chi connectivity index (χ1v) is 7.46. The molecule has 0 unspecified atom stereocenters. The fraction of sp³-hybridized carbons (Fsp3) is 0.250. The maximum atomic E-state index is 12.3. The Morgan fingerprint density at radius 1 is 1.35 bits per heavy atom. The second kappa shape index (κ2) is 5.35. The molecule has 0 aliphatic heterocycles. The number of carbonyl (C=O) groups excluding carboxylic acids is 1. The van der Waals surface area contributed by atoms with E-state index in [-0.39, 0.29) is 22.2 Å². The third kappa shape index (κ3) is 2.97. The molecule has 8 heteroatoms. The van der Waals surface area contributed by atoms with E-state index in [0.29, 0.717) is 11.7 Å². The largest absolute Gasteiger partial charge is 0.339 e. The molecule has 1 saturated carbocycles. The Bertz CT molecular complexity index is 664. The maximum absolute atomic E-state index is 12.3. The summed E-state index contributed by atoms with van der Waals surface area (Å²) in [5.74, 6) is 0.0214. The van der Waals surface area contributed by atoms with Gasteiger partial charge in [0.1, 0.15) is 16.7 Å². The molecule has 104 valence electrons. The highest BCUT2D eigenvalue weighted by Gasteiger charge is 2.27. The Labute approximate surface area is 133 Å². The van der Waals surface area contributed by atoms with Gasteiger partial charge in [-0.2, -0.15) is 0 Å². The van der Waals surface area contributed by atoms with Crippen LogP contribution in [0.1, 0.15) is 29.4 Å². The van der Waals surface area contributed by atoms with Crippen molar-refractivity contribution < 1.29 is 4.79 Å². The molecule has 1 fully saturated rings. The Morgan fingerprint density at radius 3 is 2.75 bits per heavy atom. The summed E-state index contributed by atoms with van der Waals surface area (Å²) < 4.78 is 2.83. The summed E-state index contributed by atoms with van der Waals surface area (Å²) in [7, 11) is 0. The molecular formula is C12H9BrCl2N4O. The third-order valence-electron chi connectivity index (χ3n) is 2.90. The number of rotatable bonds is 3. The highest BCUT2D eigenvalue weighted by molar-refractivity contribution is 9.10. The summed E-state index contributed by atoms with van der Waals surface area (Å²) in [6.45, 7) is 0. The average Bonchev–Trinajstić information content (AvgIpc) is 3.11. The van der Waals surface area contributed by atoms with E-state index < -0.39 is 0 Å². The van der Waals surface area contributed by atoms with Gasteiger partial charge in [-0.25, -0.2) is 9.97 Å². The van der Waals surface area contributed by atoms with Gasteiger partial charge in [0, 0.05) is 22.8 Å². The molecule has 0 atom stereocenters. The van der Waals surface area contributed by atoms with Gasteiger partial charge in [-0.05, 0) is 46.4 Å². The molecule has 2 aromatic rings. The Morgan fingerprint density at radius 2 is 2.10 bits per heavy atom. The van der Waals surface area contributed by atoms with Crippen LogP contribution in [0.4, 0.5) is 5.82 Å². The van der Waals surface area contributed by atoms with Crippen LogP contribution in [-0.2, 0) is 0 Å². The summed E-state index contributed by atoms with van der Waals surface area (Å²) in [6.07, 6.45) is 4.09. The van der Waals surface area contributed by atoms with Crippen molar-refractivity contribution in [3.8, 4) is 0 Å². The van der Waals surface area contributed by atoms with Gasteiger partial charge < -0.3 is 9.88 Å². The predicted octanol–water partition coefficient (Wildman–Crippen LogP) is 3.93. The summed E-state index contributed by atoms with van der Waals surface area (Å²) >= 11 is 14.9. The lowest BCUT2D eigenvalue weighted by atomic mass is 10.4. The van der Waals surface area contributed by atoms with Crippen molar-refractivity contribution in [2.75, 3.05) is 5.32 Å². The minimum Gasteiger partial charge on any atom is -0.339 e. The number of carbonyl (C=O) groups is 1. The van der Waals surface area contributed by atoms with Gasteiger partial charge in [-0.1, -0.05) is 11.6 Å². The van der Waals surface area contributed by atoms with Crippen LogP contribution in [0.3, 0.4) is 0 Å². The van der Waals surface area contributed by atoms with E-state index in [1.54, 1.807) is 6.07 Å². The van der Waals surface area contributed by atoms with E-state index in [4.69, 9.17) is 23.2 Å². The van der Waals surface area contributed by atoms with Crippen molar-refractivity contribution in [2.45, 2.75) is 18.9 Å². The zero-order valence-electron chi connectivity index (χ0n) is 10.1. The molecule has 1 N–H and O–H groups in total. The first-order chi connectivity index (χ1) is 9.52. The first-order valence-electron chi connectivity index (χ1n) is 5.92. The van der Waals surface area contributed by atoms with Crippen LogP contribution in [0.2, 0.25) is 10.4 Å². The lowest BCUT2D eigenvalue weighted by molar-refractivity contribution is 0.101. The van der Waals surface area contributed by atoms with Crippen molar-refractivity contribution in [1.82, 2.24) is 14.5 Å². The van der Waals surface area contributed by atoms with E-state index in [2.05, 4.69) is 31.2 Å². The van der Waals surface area contributed by atoms with Crippen molar-refractivity contribution in [1.29, 1.82) is 0 Å². The summed E-state index contributed by atoms with van der Waals surface area (Å²) in [5.41, 5.74) is 0.574. The third-order valence-corrected chi connectivity index (χ3v) is 3.69. The van der Waals surface area contributed by atoms with Crippen molar-refractivity contribution >= 4 is 50.9 Å². The lowest BCUT2D eigenvalue weighted by Gasteiger charge is -2.08. The molecular weight excluding hydrogens is 367 g/mol. The first kappa shape index (κ1) is 13.9. The number of amides is 1. The molecule has 20 heavy (non-hydrogen) atoms. The number of nitrogens with zero attached hydrogens (tertiary/aromatic N) is 3. The van der Waals surface area contributed by atoms with Gasteiger partial charge in [0.2, 0.25) is 5.28 Å². The normalized spacial score (nSPS) is 14.3. The quantitative estimate of drug-likeness (QED) is 0.652. The van der Waals surface area contributed by atoms with Crippen molar-refractivity contribution in [2.24, 2.45) is 0 Å². The van der Waals surface area contributed by atoms with E-state index in [0.717, 1.165) is 17.3 Å². The van der Waals surface area contributed by atoms with Crippen LogP contribution in [-0.4, -0.2) is 20.4 Å². The number of hydrogen-bond donors (Lipinski definition) is 1. The zero-order chi connectivity index (χ0) is 14.3. The molecule has 2 aromatic heterocycles. The van der Waals surface area contributed by atoms with Gasteiger partial charge in [0.15, 0.2) is 0 Å². The smallest absolute Gasteiger partial charge is 0.273 e. The van der Waals surface area contributed by atoms with Gasteiger partial charge in [0.05, 0.1) is 0 Å². The number of aromatic nitrogens is 3. The average molecular weight is 376 g/mol. The van der Waals surface area contributed by atoms with Crippen LogP contribution in [0.25, 0.3) is 0 Å². The fourth-order valence-electron chi connectivity index (χ4n) is 1.92. The molecule has 0 bridgehead atoms. The molecule has 0 radical (unpaired) electrons. The van der Waals surface area contributed by atoms with Gasteiger partial charge in [-0.3, -0.25) is 4.79 Å². The van der Waals surface area contributed by atoms with E-state index in [9.17, 15) is 4.79 Å². The molecule has 3 rings (SSSR count). The molecule has 1 aliphatic rings. The van der Waals surface area contributed by atoms with Gasteiger partial charge >= 0.3 is 0 Å². The zero-order valence-corrected chi connectivity index (χ0v) is 13.2. The highest BCUT2D eigenvalue weighted by Crippen LogP contribution is 2.37.